The van der Waals surface area contributed by atoms with Crippen molar-refractivity contribution in [2.75, 3.05) is 0 Å². The minimum absolute atomic E-state index is 0.101. The second-order valence-electron chi connectivity index (χ2n) is 4.46. The molecule has 0 bridgehead atoms. The summed E-state index contributed by atoms with van der Waals surface area (Å²) in [5.74, 6) is -1.21. The van der Waals surface area contributed by atoms with Crippen LogP contribution in [0.3, 0.4) is 0 Å². The van der Waals surface area contributed by atoms with Crippen molar-refractivity contribution in [1.29, 1.82) is 5.26 Å². The molecule has 4 nitrogen and oxygen atoms in total. The second-order valence-corrected chi connectivity index (χ2v) is 4.46. The van der Waals surface area contributed by atoms with Crippen molar-refractivity contribution >= 4 is 5.91 Å². The van der Waals surface area contributed by atoms with Crippen molar-refractivity contribution in [2.45, 2.75) is 37.7 Å². The van der Waals surface area contributed by atoms with Crippen molar-refractivity contribution in [3.63, 3.8) is 0 Å². The molecule has 1 aliphatic rings. The predicted octanol–water partition coefficient (Wildman–Crippen LogP) is 2.28. The van der Waals surface area contributed by atoms with Crippen LogP contribution in [-0.2, 0) is 9.63 Å². The van der Waals surface area contributed by atoms with Crippen LogP contribution in [0, 0.1) is 11.3 Å². The number of carbonyl (C=O) groups is 1. The first-order valence-corrected chi connectivity index (χ1v) is 6.21. The van der Waals surface area contributed by atoms with Gasteiger partial charge in [0.05, 0.1) is 12.2 Å². The lowest BCUT2D eigenvalue weighted by molar-refractivity contribution is -0.138. The largest absolute Gasteiger partial charge is 0.271 e. The highest BCUT2D eigenvalue weighted by Gasteiger charge is 2.22. The number of hydroxylamine groups is 1. The number of hydrogen-bond acceptors (Lipinski definition) is 3. The summed E-state index contributed by atoms with van der Waals surface area (Å²) < 4.78 is 0. The maximum Gasteiger partial charge on any atom is 0.265 e. The minimum Gasteiger partial charge on any atom is -0.271 e. The van der Waals surface area contributed by atoms with Gasteiger partial charge in [0.25, 0.3) is 5.91 Å². The topological polar surface area (TPSA) is 62.1 Å². The Hall–Kier alpha value is -1.86. The molecule has 2 rings (SSSR count). The lowest BCUT2D eigenvalue weighted by Gasteiger charge is -2.14. The third-order valence-electron chi connectivity index (χ3n) is 3.15. The molecule has 18 heavy (non-hydrogen) atoms. The van der Waals surface area contributed by atoms with Crippen molar-refractivity contribution in [1.82, 2.24) is 5.48 Å². The molecular formula is C14H16N2O2. The number of benzene rings is 1. The number of amides is 1. The fraction of sp³-hybridized carbons (Fsp3) is 0.429. The van der Waals surface area contributed by atoms with Gasteiger partial charge in [-0.15, -0.1) is 0 Å². The summed E-state index contributed by atoms with van der Waals surface area (Å²) in [6.45, 7) is 0. The van der Waals surface area contributed by atoms with Crippen molar-refractivity contribution in [3.05, 3.63) is 35.9 Å². The summed E-state index contributed by atoms with van der Waals surface area (Å²) >= 11 is 0. The zero-order valence-electron chi connectivity index (χ0n) is 10.1. The van der Waals surface area contributed by atoms with E-state index in [1.54, 1.807) is 12.1 Å². The van der Waals surface area contributed by atoms with E-state index in [4.69, 9.17) is 10.1 Å². The monoisotopic (exact) mass is 244 g/mol. The van der Waals surface area contributed by atoms with Gasteiger partial charge in [-0.25, -0.2) is 5.48 Å². The van der Waals surface area contributed by atoms with Crippen molar-refractivity contribution in [2.24, 2.45) is 0 Å². The first-order chi connectivity index (χ1) is 8.81. The van der Waals surface area contributed by atoms with E-state index in [1.807, 2.05) is 24.3 Å². The fourth-order valence-corrected chi connectivity index (χ4v) is 2.14. The molecule has 0 radical (unpaired) electrons. The summed E-state index contributed by atoms with van der Waals surface area (Å²) in [6.07, 6.45) is 4.33. The molecule has 1 atom stereocenters. The molecule has 1 N–H and O–H groups in total. The van der Waals surface area contributed by atoms with Gasteiger partial charge in [0.15, 0.2) is 5.92 Å². The lowest BCUT2D eigenvalue weighted by atomic mass is 10.0. The van der Waals surface area contributed by atoms with E-state index < -0.39 is 11.8 Å². The maximum atomic E-state index is 11.9. The van der Waals surface area contributed by atoms with Gasteiger partial charge in [0.2, 0.25) is 0 Å². The molecule has 0 spiro atoms. The van der Waals surface area contributed by atoms with Crippen LogP contribution in [0.15, 0.2) is 30.3 Å². The Morgan fingerprint density at radius 1 is 1.33 bits per heavy atom. The Kier molecular flexibility index (Phi) is 4.32. The SMILES string of the molecule is N#CC(C(=O)NOC1CCCC1)c1ccccc1. The molecule has 0 aromatic heterocycles. The van der Waals surface area contributed by atoms with Gasteiger partial charge < -0.3 is 0 Å². The van der Waals surface area contributed by atoms with Crippen LogP contribution in [0.1, 0.15) is 37.2 Å². The molecule has 0 saturated heterocycles. The third kappa shape index (κ3) is 3.08. The Labute approximate surface area is 107 Å². The van der Waals surface area contributed by atoms with Crippen LogP contribution in [-0.4, -0.2) is 12.0 Å². The van der Waals surface area contributed by atoms with Crippen LogP contribution < -0.4 is 5.48 Å². The summed E-state index contributed by atoms with van der Waals surface area (Å²) in [4.78, 5) is 17.2. The molecule has 1 aromatic carbocycles. The zero-order valence-corrected chi connectivity index (χ0v) is 10.1. The fourth-order valence-electron chi connectivity index (χ4n) is 2.14. The number of rotatable bonds is 4. The van der Waals surface area contributed by atoms with E-state index in [9.17, 15) is 4.79 Å². The van der Waals surface area contributed by atoms with Crippen molar-refractivity contribution < 1.29 is 9.63 Å². The zero-order chi connectivity index (χ0) is 12.8. The van der Waals surface area contributed by atoms with Gasteiger partial charge >= 0.3 is 0 Å². The van der Waals surface area contributed by atoms with Crippen molar-refractivity contribution in [3.8, 4) is 6.07 Å². The normalized spacial score (nSPS) is 17.1. The molecule has 1 saturated carbocycles. The van der Waals surface area contributed by atoms with Gasteiger partial charge in [0.1, 0.15) is 0 Å². The van der Waals surface area contributed by atoms with Crippen LogP contribution in [0.2, 0.25) is 0 Å². The van der Waals surface area contributed by atoms with Crippen LogP contribution in [0.4, 0.5) is 0 Å². The van der Waals surface area contributed by atoms with E-state index in [0.717, 1.165) is 25.7 Å². The Balaban J connectivity index is 1.92. The van der Waals surface area contributed by atoms with E-state index in [-0.39, 0.29) is 6.10 Å². The third-order valence-corrected chi connectivity index (χ3v) is 3.15. The highest BCUT2D eigenvalue weighted by Crippen LogP contribution is 2.20. The minimum atomic E-state index is -0.812. The van der Waals surface area contributed by atoms with Crippen LogP contribution in [0.5, 0.6) is 0 Å². The molecule has 4 heteroatoms. The molecule has 1 fully saturated rings. The van der Waals surface area contributed by atoms with Gasteiger partial charge in [-0.3, -0.25) is 9.63 Å². The lowest BCUT2D eigenvalue weighted by Crippen LogP contribution is -2.32. The average Bonchev–Trinajstić information content (AvgIpc) is 2.92. The number of hydrogen-bond donors (Lipinski definition) is 1. The first-order valence-electron chi connectivity index (χ1n) is 6.21. The molecule has 94 valence electrons. The average molecular weight is 244 g/mol. The van der Waals surface area contributed by atoms with E-state index in [2.05, 4.69) is 5.48 Å². The number of nitrogens with one attached hydrogen (secondary N) is 1. The molecule has 1 aliphatic carbocycles. The molecular weight excluding hydrogens is 228 g/mol. The van der Waals surface area contributed by atoms with Gasteiger partial charge in [-0.05, 0) is 18.4 Å². The molecule has 0 aliphatic heterocycles. The Morgan fingerprint density at radius 3 is 2.61 bits per heavy atom. The number of nitriles is 1. The van der Waals surface area contributed by atoms with Gasteiger partial charge in [-0.2, -0.15) is 5.26 Å². The van der Waals surface area contributed by atoms with Crippen LogP contribution in [0.25, 0.3) is 0 Å². The molecule has 1 aromatic rings. The standard InChI is InChI=1S/C14H16N2O2/c15-10-13(11-6-2-1-3-7-11)14(17)16-18-12-8-4-5-9-12/h1-3,6-7,12-13H,4-5,8-9H2,(H,16,17). The number of carbonyl (C=O) groups excluding carboxylic acids is 1. The predicted molar refractivity (Wildman–Crippen MR) is 66.3 cm³/mol. The smallest absolute Gasteiger partial charge is 0.265 e. The quantitative estimate of drug-likeness (QED) is 0.826. The first kappa shape index (κ1) is 12.6. The number of nitrogens with zero attached hydrogens (tertiary/aromatic N) is 1. The Bertz CT molecular complexity index is 433. The van der Waals surface area contributed by atoms with E-state index >= 15 is 0 Å². The van der Waals surface area contributed by atoms with E-state index in [0.29, 0.717) is 5.56 Å². The molecule has 1 unspecified atom stereocenters. The summed E-state index contributed by atoms with van der Waals surface area (Å²) in [6, 6.07) is 11.0. The Morgan fingerprint density at radius 2 is 2.00 bits per heavy atom. The van der Waals surface area contributed by atoms with Gasteiger partial charge in [-0.1, -0.05) is 43.2 Å². The molecule has 0 heterocycles. The van der Waals surface area contributed by atoms with Gasteiger partial charge in [0, 0.05) is 0 Å². The summed E-state index contributed by atoms with van der Waals surface area (Å²) in [5, 5.41) is 9.08. The molecule has 1 amide bonds. The highest BCUT2D eigenvalue weighted by atomic mass is 16.7. The highest BCUT2D eigenvalue weighted by molar-refractivity contribution is 5.85. The summed E-state index contributed by atoms with van der Waals surface area (Å²) in [5.41, 5.74) is 3.10. The van der Waals surface area contributed by atoms with Crippen LogP contribution >= 0.6 is 0 Å². The summed E-state index contributed by atoms with van der Waals surface area (Å²) in [7, 11) is 0. The second kappa shape index (κ2) is 6.18. The van der Waals surface area contributed by atoms with E-state index in [1.165, 1.54) is 0 Å². The maximum absolute atomic E-state index is 11.9.